The zero-order chi connectivity index (χ0) is 48.7. The number of fused-ring (bicyclic) bond motifs is 2. The van der Waals surface area contributed by atoms with Crippen molar-refractivity contribution in [3.8, 4) is 23.3 Å². The second kappa shape index (κ2) is 27.5. The lowest BCUT2D eigenvalue weighted by atomic mass is 10.0. The predicted octanol–water partition coefficient (Wildman–Crippen LogP) is 4.07. The summed E-state index contributed by atoms with van der Waals surface area (Å²) in [5.74, 6) is 4.50. The zero-order valence-electron chi connectivity index (χ0n) is 38.0. The third-order valence-electron chi connectivity index (χ3n) is 10.2. The Balaban J connectivity index is 0.832. The number of hydrogen-bond donors (Lipinski definition) is 2. The molecule has 0 saturated carbocycles. The molecule has 2 aliphatic heterocycles. The van der Waals surface area contributed by atoms with E-state index >= 15 is 0 Å². The number of ether oxygens (including phenoxy) is 7. The van der Waals surface area contributed by atoms with Gasteiger partial charge in [0.05, 0.1) is 95.4 Å². The van der Waals surface area contributed by atoms with Gasteiger partial charge in [0.1, 0.15) is 6.10 Å². The molecule has 364 valence electrons. The molecule has 21 heteroatoms. The second-order valence-corrected chi connectivity index (χ2v) is 15.0. The number of carbonyl (C=O) groups is 6. The average molecular weight is 946 g/mol. The minimum Gasteiger partial charge on any atom is -0.493 e. The van der Waals surface area contributed by atoms with Gasteiger partial charge in [-0.15, -0.1) is 0 Å². The number of benzene rings is 3. The molecule has 3 aromatic carbocycles. The lowest BCUT2D eigenvalue weighted by Gasteiger charge is -2.26. The van der Waals surface area contributed by atoms with Crippen LogP contribution in [0.5, 0.6) is 11.5 Å². The van der Waals surface area contributed by atoms with Crippen LogP contribution in [0, 0.1) is 22.0 Å². The molecule has 1 saturated heterocycles. The van der Waals surface area contributed by atoms with Crippen LogP contribution in [0.3, 0.4) is 0 Å². The second-order valence-electron chi connectivity index (χ2n) is 15.0. The van der Waals surface area contributed by atoms with Crippen LogP contribution >= 0.6 is 0 Å². The molecule has 2 N–H and O–H groups in total. The van der Waals surface area contributed by atoms with Crippen molar-refractivity contribution >= 4 is 47.1 Å². The topological polar surface area (TPSA) is 250 Å². The molecule has 21 nitrogen and oxygen atoms in total. The number of nitrogens with one attached hydrogen (secondary N) is 2. The lowest BCUT2D eigenvalue weighted by Crippen LogP contribution is -2.35. The molecule has 2 aliphatic rings. The lowest BCUT2D eigenvalue weighted by molar-refractivity contribution is -0.386. The summed E-state index contributed by atoms with van der Waals surface area (Å²) in [6.45, 7) is 4.62. The number of imide groups is 1. The zero-order valence-corrected chi connectivity index (χ0v) is 38.0. The van der Waals surface area contributed by atoms with Crippen molar-refractivity contribution in [3.63, 3.8) is 0 Å². The summed E-state index contributed by atoms with van der Waals surface area (Å²) in [6.07, 6.45) is -2.21. The van der Waals surface area contributed by atoms with Crippen molar-refractivity contribution in [2.24, 2.45) is 0 Å². The van der Waals surface area contributed by atoms with Gasteiger partial charge in [0.2, 0.25) is 17.7 Å². The highest BCUT2D eigenvalue weighted by molar-refractivity contribution is 6.01. The number of hydrogen-bond acceptors (Lipinski definition) is 16. The van der Waals surface area contributed by atoms with Gasteiger partial charge in [0.15, 0.2) is 11.5 Å². The Labute approximate surface area is 392 Å². The van der Waals surface area contributed by atoms with E-state index in [4.69, 9.17) is 33.2 Å². The Bertz CT molecular complexity index is 2300. The Morgan fingerprint density at radius 1 is 0.735 bits per heavy atom. The van der Waals surface area contributed by atoms with Crippen molar-refractivity contribution in [1.29, 1.82) is 0 Å². The molecule has 1 unspecified atom stereocenters. The first-order chi connectivity index (χ1) is 32.9. The van der Waals surface area contributed by atoms with E-state index in [1.54, 1.807) is 4.90 Å². The fraction of sp³-hybridized carbons (Fsp3) is 0.447. The number of nitro benzene ring substituents is 1. The minimum atomic E-state index is -1.40. The molecule has 1 fully saturated rings. The Morgan fingerprint density at radius 2 is 1.34 bits per heavy atom. The number of hydroxylamine groups is 2. The van der Waals surface area contributed by atoms with Gasteiger partial charge in [0, 0.05) is 56.3 Å². The number of rotatable bonds is 28. The first kappa shape index (κ1) is 51.9. The molecular formula is C47H55N5O16. The summed E-state index contributed by atoms with van der Waals surface area (Å²) in [7, 11) is 1.31. The van der Waals surface area contributed by atoms with E-state index in [0.717, 1.165) is 28.4 Å². The molecule has 0 radical (unpaired) electrons. The maximum atomic E-state index is 13.3. The van der Waals surface area contributed by atoms with Gasteiger partial charge >= 0.3 is 6.16 Å². The predicted molar refractivity (Wildman–Crippen MR) is 240 cm³/mol. The highest BCUT2D eigenvalue weighted by atomic mass is 16.8. The highest BCUT2D eigenvalue weighted by Crippen LogP contribution is 2.39. The van der Waals surface area contributed by atoms with Crippen molar-refractivity contribution in [1.82, 2.24) is 15.7 Å². The van der Waals surface area contributed by atoms with E-state index in [0.29, 0.717) is 51.2 Å². The van der Waals surface area contributed by atoms with Crippen LogP contribution in [0.4, 0.5) is 16.2 Å². The molecule has 3 aromatic rings. The molecule has 0 aliphatic carbocycles. The van der Waals surface area contributed by atoms with Crippen molar-refractivity contribution in [3.05, 3.63) is 93.0 Å². The van der Waals surface area contributed by atoms with Gasteiger partial charge in [-0.05, 0) is 43.2 Å². The highest BCUT2D eigenvalue weighted by Gasteiger charge is 2.35. The van der Waals surface area contributed by atoms with Crippen LogP contribution in [-0.4, -0.2) is 125 Å². The van der Waals surface area contributed by atoms with E-state index in [1.165, 1.54) is 20.1 Å². The van der Waals surface area contributed by atoms with Crippen LogP contribution < -0.4 is 25.0 Å². The monoisotopic (exact) mass is 945 g/mol. The normalized spacial score (nSPS) is 13.2. The summed E-state index contributed by atoms with van der Waals surface area (Å²) >= 11 is 0. The summed E-state index contributed by atoms with van der Waals surface area (Å²) in [5.41, 5.74) is 2.84. The van der Waals surface area contributed by atoms with Crippen molar-refractivity contribution < 1.29 is 71.7 Å². The Hall–Kier alpha value is -7.12. The molecule has 5 amide bonds. The Kier molecular flexibility index (Phi) is 21.0. The summed E-state index contributed by atoms with van der Waals surface area (Å²) < 4.78 is 38.1. The maximum absolute atomic E-state index is 13.3. The van der Waals surface area contributed by atoms with Gasteiger partial charge in [-0.1, -0.05) is 47.2 Å². The number of carbonyl (C=O) groups excluding carboxylic acids is 6. The smallest absolute Gasteiger partial charge is 0.493 e. The van der Waals surface area contributed by atoms with Crippen LogP contribution in [0.1, 0.15) is 73.8 Å². The number of amides is 5. The summed E-state index contributed by atoms with van der Waals surface area (Å²) in [4.78, 5) is 91.2. The fourth-order valence-corrected chi connectivity index (χ4v) is 6.71. The van der Waals surface area contributed by atoms with E-state index in [9.17, 15) is 38.9 Å². The molecule has 68 heavy (non-hydrogen) atoms. The van der Waals surface area contributed by atoms with E-state index in [2.05, 4.69) is 27.3 Å². The maximum Gasteiger partial charge on any atom is 0.534 e. The van der Waals surface area contributed by atoms with Crippen LogP contribution in [0.2, 0.25) is 0 Å². The van der Waals surface area contributed by atoms with Gasteiger partial charge in [0.25, 0.3) is 17.5 Å². The average Bonchev–Trinajstić information content (AvgIpc) is 3.63. The number of methoxy groups -OCH3 is 1. The molecule has 0 aromatic heterocycles. The summed E-state index contributed by atoms with van der Waals surface area (Å²) in [5, 5.41) is 17.7. The number of nitro groups is 1. The number of nitrogens with zero attached hydrogens (tertiary/aromatic N) is 3. The first-order valence-electron chi connectivity index (χ1n) is 22.0. The van der Waals surface area contributed by atoms with E-state index < -0.39 is 34.7 Å². The fourth-order valence-electron chi connectivity index (χ4n) is 6.71. The van der Waals surface area contributed by atoms with Crippen LogP contribution in [0.25, 0.3) is 0 Å². The number of anilines is 1. The van der Waals surface area contributed by atoms with Gasteiger partial charge in [-0.3, -0.25) is 38.9 Å². The SMILES string of the molecule is COc1cc(C(C)OC(=O)ON2C(=O)CCC2=O)c([N+](=O)[O-])cc1OCCCC(=O)NCCOCCOCCOCCOCCC(=O)NCCC(=O)N1Cc2ccccc2C#Cc2ccccc21. The molecule has 2 heterocycles. The number of para-hydroxylation sites is 1. The van der Waals surface area contributed by atoms with Gasteiger partial charge in [-0.25, -0.2) is 4.79 Å². The van der Waals surface area contributed by atoms with Gasteiger partial charge in [-0.2, -0.15) is 0 Å². The van der Waals surface area contributed by atoms with Gasteiger partial charge < -0.3 is 48.7 Å². The standard InChI is InChI=1S/C47H55N5O16/c1-33(67-47(58)68-51-45(56)15-16-46(51)57)37-30-40(61-2)41(31-39(37)52(59)60)66-21-7-12-42(53)49-20-23-63-25-27-65-29-28-64-26-24-62-22-18-43(54)48-19-17-44(55)50-32-36-10-4-3-8-34(36)13-14-35-9-5-6-11-38(35)50/h3-6,8-11,30-31,33H,7,12,15-29,32H2,1-2H3,(H,48,54)(H,49,53). The van der Waals surface area contributed by atoms with Crippen molar-refractivity contribution in [2.45, 2.75) is 58.1 Å². The Morgan fingerprint density at radius 3 is 2.03 bits per heavy atom. The molecule has 1 atom stereocenters. The van der Waals surface area contributed by atoms with Crippen LogP contribution in [0.15, 0.2) is 60.7 Å². The summed E-state index contributed by atoms with van der Waals surface area (Å²) in [6, 6.07) is 17.7. The first-order valence-corrected chi connectivity index (χ1v) is 22.0. The molecular weight excluding hydrogens is 891 g/mol. The van der Waals surface area contributed by atoms with Crippen LogP contribution in [-0.2, 0) is 59.0 Å². The molecule has 0 spiro atoms. The third-order valence-corrected chi connectivity index (χ3v) is 10.2. The largest absolute Gasteiger partial charge is 0.534 e. The molecule has 0 bridgehead atoms. The minimum absolute atomic E-state index is 0.0233. The quantitative estimate of drug-likeness (QED) is 0.0260. The van der Waals surface area contributed by atoms with E-state index in [-0.39, 0.29) is 106 Å². The van der Waals surface area contributed by atoms with Crippen molar-refractivity contribution in [2.75, 3.05) is 84.6 Å². The molecule has 5 rings (SSSR count). The third kappa shape index (κ3) is 16.3. The van der Waals surface area contributed by atoms with E-state index in [1.807, 2.05) is 48.5 Å².